The van der Waals surface area contributed by atoms with Crippen LogP contribution < -0.4 is 5.56 Å². The normalized spacial score (nSPS) is 16.4. The number of nitrogens with zero attached hydrogens (tertiary/aromatic N) is 2. The van der Waals surface area contributed by atoms with E-state index >= 15 is 0 Å². The zero-order valence-electron chi connectivity index (χ0n) is 6.53. The molecule has 2 rings (SSSR count). The van der Waals surface area contributed by atoms with Crippen LogP contribution in [0.1, 0.15) is 12.8 Å². The fourth-order valence-electron chi connectivity index (χ4n) is 1.13. The fourth-order valence-corrected chi connectivity index (χ4v) is 1.48. The highest BCUT2D eigenvalue weighted by Gasteiger charge is 2.22. The molecule has 0 aliphatic heterocycles. The summed E-state index contributed by atoms with van der Waals surface area (Å²) in [4.78, 5) is 15.4. The van der Waals surface area contributed by atoms with Crippen LogP contribution in [-0.2, 0) is 6.54 Å². The van der Waals surface area contributed by atoms with Crippen LogP contribution in [0.5, 0.6) is 0 Å². The monoisotopic (exact) mass is 228 g/mol. The Morgan fingerprint density at radius 1 is 1.67 bits per heavy atom. The van der Waals surface area contributed by atoms with Crippen LogP contribution in [0.15, 0.2) is 21.8 Å². The molecule has 1 heterocycles. The molecule has 1 aliphatic rings. The first-order valence-electron chi connectivity index (χ1n) is 3.97. The van der Waals surface area contributed by atoms with Crippen LogP contribution in [0, 0.1) is 5.92 Å². The maximum atomic E-state index is 11.4. The second kappa shape index (κ2) is 3.01. The Labute approximate surface area is 78.6 Å². The first kappa shape index (κ1) is 7.98. The quantitative estimate of drug-likeness (QED) is 0.768. The third kappa shape index (κ3) is 1.58. The molecule has 1 aliphatic carbocycles. The largest absolute Gasteiger partial charge is 0.298 e. The summed E-state index contributed by atoms with van der Waals surface area (Å²) in [5, 5.41) is 0. The molecule has 64 valence electrons. The number of aromatic nitrogens is 2. The van der Waals surface area contributed by atoms with E-state index in [1.54, 1.807) is 10.9 Å². The predicted octanol–water partition coefficient (Wildman–Crippen LogP) is 1.42. The van der Waals surface area contributed by atoms with Crippen molar-refractivity contribution in [3.8, 4) is 0 Å². The Bertz CT molecular complexity index is 343. The van der Waals surface area contributed by atoms with Gasteiger partial charge in [0.1, 0.15) is 4.47 Å². The summed E-state index contributed by atoms with van der Waals surface area (Å²) in [5.74, 6) is 0.707. The third-order valence-electron chi connectivity index (χ3n) is 2.01. The van der Waals surface area contributed by atoms with Crippen LogP contribution in [0.3, 0.4) is 0 Å². The van der Waals surface area contributed by atoms with Gasteiger partial charge in [-0.05, 0) is 34.7 Å². The summed E-state index contributed by atoms with van der Waals surface area (Å²) in [6, 6.07) is 0. The predicted molar refractivity (Wildman–Crippen MR) is 48.9 cm³/mol. The topological polar surface area (TPSA) is 34.9 Å². The van der Waals surface area contributed by atoms with Crippen LogP contribution in [0.2, 0.25) is 0 Å². The second-order valence-electron chi connectivity index (χ2n) is 3.14. The highest BCUT2D eigenvalue weighted by Crippen LogP contribution is 2.29. The molecule has 3 nitrogen and oxygen atoms in total. The van der Waals surface area contributed by atoms with E-state index < -0.39 is 0 Å². The van der Waals surface area contributed by atoms with Gasteiger partial charge in [-0.1, -0.05) is 0 Å². The Morgan fingerprint density at radius 3 is 3.08 bits per heavy atom. The van der Waals surface area contributed by atoms with Crippen molar-refractivity contribution < 1.29 is 0 Å². The van der Waals surface area contributed by atoms with Crippen molar-refractivity contribution in [1.29, 1.82) is 0 Å². The van der Waals surface area contributed by atoms with E-state index in [1.165, 1.54) is 19.0 Å². The van der Waals surface area contributed by atoms with Gasteiger partial charge in [0.05, 0.1) is 6.33 Å². The summed E-state index contributed by atoms with van der Waals surface area (Å²) >= 11 is 3.16. The Hall–Kier alpha value is -0.640. The first-order chi connectivity index (χ1) is 5.77. The maximum Gasteiger partial charge on any atom is 0.267 e. The number of hydrogen-bond acceptors (Lipinski definition) is 2. The molecule has 0 aromatic carbocycles. The minimum atomic E-state index is 0.0249. The molecule has 0 bridgehead atoms. The van der Waals surface area contributed by atoms with Crippen molar-refractivity contribution in [3.63, 3.8) is 0 Å². The van der Waals surface area contributed by atoms with Gasteiger partial charge in [-0.15, -0.1) is 0 Å². The summed E-state index contributed by atoms with van der Waals surface area (Å²) in [7, 11) is 0. The van der Waals surface area contributed by atoms with Crippen molar-refractivity contribution in [3.05, 3.63) is 27.4 Å². The lowest BCUT2D eigenvalue weighted by molar-refractivity contribution is 0.593. The number of hydrogen-bond donors (Lipinski definition) is 0. The van der Waals surface area contributed by atoms with E-state index in [0.29, 0.717) is 10.4 Å². The third-order valence-corrected chi connectivity index (χ3v) is 2.55. The van der Waals surface area contributed by atoms with Gasteiger partial charge >= 0.3 is 0 Å². The molecule has 0 amide bonds. The molecule has 12 heavy (non-hydrogen) atoms. The van der Waals surface area contributed by atoms with Crippen molar-refractivity contribution in [2.45, 2.75) is 19.4 Å². The highest BCUT2D eigenvalue weighted by atomic mass is 79.9. The van der Waals surface area contributed by atoms with E-state index in [9.17, 15) is 4.79 Å². The van der Waals surface area contributed by atoms with Crippen LogP contribution in [-0.4, -0.2) is 9.55 Å². The van der Waals surface area contributed by atoms with Crippen molar-refractivity contribution in [1.82, 2.24) is 9.55 Å². The van der Waals surface area contributed by atoms with Crippen LogP contribution >= 0.6 is 15.9 Å². The molecule has 1 fully saturated rings. The van der Waals surface area contributed by atoms with Crippen molar-refractivity contribution >= 4 is 15.9 Å². The molecule has 0 atom stereocenters. The standard InChI is InChI=1S/C8H9BrN2O/c9-7-3-10-5-11(8(7)12)4-6-1-2-6/h3,5-6H,1-2,4H2. The summed E-state index contributed by atoms with van der Waals surface area (Å²) < 4.78 is 2.22. The fraction of sp³-hybridized carbons (Fsp3) is 0.500. The van der Waals surface area contributed by atoms with Gasteiger partial charge in [-0.3, -0.25) is 9.36 Å². The van der Waals surface area contributed by atoms with E-state index in [2.05, 4.69) is 20.9 Å². The van der Waals surface area contributed by atoms with Gasteiger partial charge in [-0.2, -0.15) is 0 Å². The van der Waals surface area contributed by atoms with E-state index in [0.717, 1.165) is 6.54 Å². The average molecular weight is 229 g/mol. The molecule has 1 aromatic rings. The lowest BCUT2D eigenvalue weighted by Crippen LogP contribution is -2.21. The molecular weight excluding hydrogens is 220 g/mol. The summed E-state index contributed by atoms with van der Waals surface area (Å²) in [6.07, 6.45) is 5.63. The van der Waals surface area contributed by atoms with E-state index in [1.807, 2.05) is 0 Å². The minimum Gasteiger partial charge on any atom is -0.298 e. The number of halogens is 1. The number of rotatable bonds is 2. The lowest BCUT2D eigenvalue weighted by atomic mass is 10.4. The Kier molecular flexibility index (Phi) is 2.00. The molecule has 0 spiro atoms. The van der Waals surface area contributed by atoms with Crippen molar-refractivity contribution in [2.24, 2.45) is 5.92 Å². The molecule has 1 saturated carbocycles. The van der Waals surface area contributed by atoms with E-state index in [-0.39, 0.29) is 5.56 Å². The zero-order valence-corrected chi connectivity index (χ0v) is 8.12. The molecule has 1 aromatic heterocycles. The SMILES string of the molecule is O=c1c(Br)cncn1CC1CC1. The highest BCUT2D eigenvalue weighted by molar-refractivity contribution is 9.10. The Balaban J connectivity index is 2.29. The van der Waals surface area contributed by atoms with Gasteiger partial charge < -0.3 is 0 Å². The minimum absolute atomic E-state index is 0.0249. The van der Waals surface area contributed by atoms with Crippen molar-refractivity contribution in [2.75, 3.05) is 0 Å². The van der Waals surface area contributed by atoms with Gasteiger partial charge in [-0.25, -0.2) is 4.98 Å². The molecule has 4 heteroatoms. The molecule has 0 radical (unpaired) electrons. The van der Waals surface area contributed by atoms with Crippen LogP contribution in [0.25, 0.3) is 0 Å². The zero-order chi connectivity index (χ0) is 8.55. The molecule has 0 unspecified atom stereocenters. The molecule has 0 saturated heterocycles. The summed E-state index contributed by atoms with van der Waals surface area (Å²) in [5.41, 5.74) is 0.0249. The maximum absolute atomic E-state index is 11.4. The molecule has 0 N–H and O–H groups in total. The van der Waals surface area contributed by atoms with E-state index in [4.69, 9.17) is 0 Å². The van der Waals surface area contributed by atoms with Gasteiger partial charge in [0.25, 0.3) is 5.56 Å². The summed E-state index contributed by atoms with van der Waals surface area (Å²) in [6.45, 7) is 0.825. The second-order valence-corrected chi connectivity index (χ2v) is 4.00. The van der Waals surface area contributed by atoms with Gasteiger partial charge in [0.2, 0.25) is 0 Å². The van der Waals surface area contributed by atoms with Gasteiger partial charge in [0.15, 0.2) is 0 Å². The van der Waals surface area contributed by atoms with Crippen LogP contribution in [0.4, 0.5) is 0 Å². The lowest BCUT2D eigenvalue weighted by Gasteiger charge is -2.02. The molecular formula is C8H9BrN2O. The van der Waals surface area contributed by atoms with Gasteiger partial charge in [0, 0.05) is 12.7 Å². The smallest absolute Gasteiger partial charge is 0.267 e. The average Bonchev–Trinajstić information content (AvgIpc) is 2.83. The first-order valence-corrected chi connectivity index (χ1v) is 4.76. The Morgan fingerprint density at radius 2 is 2.42 bits per heavy atom.